The Morgan fingerprint density at radius 2 is 2.18 bits per heavy atom. The lowest BCUT2D eigenvalue weighted by molar-refractivity contribution is -0.146. The number of carbonyl (C=O) groups is 1. The van der Waals surface area contributed by atoms with Crippen molar-refractivity contribution in [2.24, 2.45) is 5.92 Å². The average molecular weight is 235 g/mol. The number of hydrogen-bond donors (Lipinski definition) is 1. The molecule has 92 valence electrons. The molecule has 0 aromatic carbocycles. The molecule has 0 saturated carbocycles. The number of aromatic nitrogens is 1. The largest absolute Gasteiger partial charge is 0.469 e. The Bertz CT molecular complexity index is 400. The van der Waals surface area contributed by atoms with Gasteiger partial charge in [-0.15, -0.1) is 0 Å². The third-order valence-corrected chi connectivity index (χ3v) is 3.11. The Kier molecular flexibility index (Phi) is 3.46. The molecule has 5 nitrogen and oxygen atoms in total. The van der Waals surface area contributed by atoms with Crippen molar-refractivity contribution in [1.29, 1.82) is 0 Å². The molecule has 0 radical (unpaired) electrons. The molecule has 0 amide bonds. The van der Waals surface area contributed by atoms with Gasteiger partial charge in [-0.25, -0.2) is 4.98 Å². The van der Waals surface area contributed by atoms with E-state index in [1.807, 2.05) is 12.1 Å². The molecular weight excluding hydrogens is 218 g/mol. The fourth-order valence-electron chi connectivity index (χ4n) is 2.13. The number of nitrogens with two attached hydrogens (primary N) is 1. The zero-order chi connectivity index (χ0) is 12.3. The quantitative estimate of drug-likeness (QED) is 0.776. The molecule has 0 atom stereocenters. The number of hydrogen-bond acceptors (Lipinski definition) is 5. The predicted molar refractivity (Wildman–Crippen MR) is 65.6 cm³/mol. The molecule has 0 aliphatic carbocycles. The van der Waals surface area contributed by atoms with Crippen LogP contribution in [-0.2, 0) is 9.53 Å². The molecule has 2 heterocycles. The molecule has 0 unspecified atom stereocenters. The van der Waals surface area contributed by atoms with Crippen LogP contribution in [0.25, 0.3) is 0 Å². The Labute approximate surface area is 101 Å². The molecule has 17 heavy (non-hydrogen) atoms. The van der Waals surface area contributed by atoms with E-state index >= 15 is 0 Å². The van der Waals surface area contributed by atoms with E-state index in [1.54, 1.807) is 6.07 Å². The van der Waals surface area contributed by atoms with E-state index in [2.05, 4.69) is 9.88 Å². The summed E-state index contributed by atoms with van der Waals surface area (Å²) in [7, 11) is 1.44. The Morgan fingerprint density at radius 1 is 1.47 bits per heavy atom. The minimum atomic E-state index is -0.106. The van der Waals surface area contributed by atoms with Gasteiger partial charge in [0.05, 0.1) is 13.0 Å². The van der Waals surface area contributed by atoms with Gasteiger partial charge in [-0.1, -0.05) is 6.07 Å². The van der Waals surface area contributed by atoms with Crippen LogP contribution in [0.3, 0.4) is 0 Å². The lowest BCUT2D eigenvalue weighted by Crippen LogP contribution is -2.37. The van der Waals surface area contributed by atoms with E-state index in [-0.39, 0.29) is 11.9 Å². The minimum Gasteiger partial charge on any atom is -0.469 e. The zero-order valence-corrected chi connectivity index (χ0v) is 9.93. The summed E-state index contributed by atoms with van der Waals surface area (Å²) in [6.07, 6.45) is 1.62. The van der Waals surface area contributed by atoms with Gasteiger partial charge in [0, 0.05) is 13.1 Å². The molecule has 1 aliphatic heterocycles. The maximum Gasteiger partial charge on any atom is 0.308 e. The molecule has 1 aromatic rings. The summed E-state index contributed by atoms with van der Waals surface area (Å²) < 4.78 is 4.76. The number of ether oxygens (including phenoxy) is 1. The topological polar surface area (TPSA) is 68.5 Å². The molecule has 0 bridgehead atoms. The van der Waals surface area contributed by atoms with Crippen LogP contribution in [0.4, 0.5) is 11.6 Å². The van der Waals surface area contributed by atoms with Crippen LogP contribution in [0, 0.1) is 5.92 Å². The summed E-state index contributed by atoms with van der Waals surface area (Å²) in [5.74, 6) is 1.33. The molecule has 1 saturated heterocycles. The van der Waals surface area contributed by atoms with Crippen molar-refractivity contribution >= 4 is 17.6 Å². The zero-order valence-electron chi connectivity index (χ0n) is 9.93. The third kappa shape index (κ3) is 2.67. The first-order chi connectivity index (χ1) is 8.20. The average Bonchev–Trinajstić information content (AvgIpc) is 2.38. The molecule has 1 aliphatic rings. The molecule has 2 N–H and O–H groups in total. The van der Waals surface area contributed by atoms with Crippen molar-refractivity contribution in [3.63, 3.8) is 0 Å². The Balaban J connectivity index is 1.97. The van der Waals surface area contributed by atoms with Gasteiger partial charge in [0.2, 0.25) is 0 Å². The van der Waals surface area contributed by atoms with Crippen molar-refractivity contribution < 1.29 is 9.53 Å². The normalized spacial score (nSPS) is 16.9. The van der Waals surface area contributed by atoms with Crippen molar-refractivity contribution in [1.82, 2.24) is 4.98 Å². The number of nitrogens with zero attached hydrogens (tertiary/aromatic N) is 2. The van der Waals surface area contributed by atoms with Crippen molar-refractivity contribution in [3.8, 4) is 0 Å². The van der Waals surface area contributed by atoms with E-state index in [0.29, 0.717) is 5.82 Å². The number of rotatable bonds is 2. The van der Waals surface area contributed by atoms with Gasteiger partial charge in [0.15, 0.2) is 0 Å². The fourth-order valence-corrected chi connectivity index (χ4v) is 2.13. The second-order valence-electron chi connectivity index (χ2n) is 4.21. The highest BCUT2D eigenvalue weighted by atomic mass is 16.5. The first kappa shape index (κ1) is 11.7. The van der Waals surface area contributed by atoms with Gasteiger partial charge >= 0.3 is 5.97 Å². The highest BCUT2D eigenvalue weighted by molar-refractivity contribution is 5.72. The van der Waals surface area contributed by atoms with Crippen LogP contribution < -0.4 is 10.6 Å². The van der Waals surface area contributed by atoms with Crippen LogP contribution in [0.1, 0.15) is 12.8 Å². The standard InChI is InChI=1S/C12H17N3O2/c1-17-12(16)9-5-7-15(8-6-9)11-4-2-3-10(13)14-11/h2-4,9H,5-8H2,1H3,(H2,13,14). The number of methoxy groups -OCH3 is 1. The number of anilines is 2. The van der Waals surface area contributed by atoms with E-state index in [1.165, 1.54) is 7.11 Å². The van der Waals surface area contributed by atoms with E-state index in [9.17, 15) is 4.79 Å². The second-order valence-corrected chi connectivity index (χ2v) is 4.21. The Morgan fingerprint density at radius 3 is 2.76 bits per heavy atom. The molecule has 1 fully saturated rings. The van der Waals surface area contributed by atoms with Gasteiger partial charge in [-0.2, -0.15) is 0 Å². The van der Waals surface area contributed by atoms with Gasteiger partial charge in [-0.3, -0.25) is 4.79 Å². The van der Waals surface area contributed by atoms with E-state index < -0.39 is 0 Å². The number of carbonyl (C=O) groups excluding carboxylic acids is 1. The predicted octanol–water partition coefficient (Wildman–Crippen LogP) is 1.05. The molecular formula is C12H17N3O2. The maximum absolute atomic E-state index is 11.4. The summed E-state index contributed by atoms with van der Waals surface area (Å²) in [6.45, 7) is 1.63. The SMILES string of the molecule is COC(=O)C1CCN(c2cccc(N)n2)CC1. The van der Waals surface area contributed by atoms with E-state index in [0.717, 1.165) is 31.7 Å². The monoisotopic (exact) mass is 235 g/mol. The number of piperidine rings is 1. The summed E-state index contributed by atoms with van der Waals surface area (Å²) in [6, 6.07) is 5.60. The number of pyridine rings is 1. The highest BCUT2D eigenvalue weighted by Gasteiger charge is 2.25. The lowest BCUT2D eigenvalue weighted by Gasteiger charge is -2.31. The van der Waals surface area contributed by atoms with Crippen LogP contribution in [0.5, 0.6) is 0 Å². The van der Waals surface area contributed by atoms with Gasteiger partial charge in [0.25, 0.3) is 0 Å². The smallest absolute Gasteiger partial charge is 0.308 e. The van der Waals surface area contributed by atoms with Crippen LogP contribution in [-0.4, -0.2) is 31.2 Å². The summed E-state index contributed by atoms with van der Waals surface area (Å²) in [5, 5.41) is 0. The lowest BCUT2D eigenvalue weighted by atomic mass is 9.97. The molecule has 1 aromatic heterocycles. The van der Waals surface area contributed by atoms with Gasteiger partial charge in [-0.05, 0) is 25.0 Å². The Hall–Kier alpha value is -1.78. The molecule has 0 spiro atoms. The van der Waals surface area contributed by atoms with Crippen molar-refractivity contribution in [2.45, 2.75) is 12.8 Å². The summed E-state index contributed by atoms with van der Waals surface area (Å²) >= 11 is 0. The summed E-state index contributed by atoms with van der Waals surface area (Å²) in [5.41, 5.74) is 5.65. The first-order valence-corrected chi connectivity index (χ1v) is 5.76. The second kappa shape index (κ2) is 5.03. The van der Waals surface area contributed by atoms with Crippen molar-refractivity contribution in [2.75, 3.05) is 30.8 Å². The maximum atomic E-state index is 11.4. The van der Waals surface area contributed by atoms with Crippen LogP contribution in [0.2, 0.25) is 0 Å². The fraction of sp³-hybridized carbons (Fsp3) is 0.500. The first-order valence-electron chi connectivity index (χ1n) is 5.76. The van der Waals surface area contributed by atoms with Gasteiger partial charge in [0.1, 0.15) is 11.6 Å². The van der Waals surface area contributed by atoms with Crippen molar-refractivity contribution in [3.05, 3.63) is 18.2 Å². The minimum absolute atomic E-state index is 0.0253. The van der Waals surface area contributed by atoms with Gasteiger partial charge < -0.3 is 15.4 Å². The third-order valence-electron chi connectivity index (χ3n) is 3.11. The molecule has 5 heteroatoms. The van der Waals surface area contributed by atoms with E-state index in [4.69, 9.17) is 10.5 Å². The molecule has 2 rings (SSSR count). The van der Waals surface area contributed by atoms with Crippen LogP contribution in [0.15, 0.2) is 18.2 Å². The highest BCUT2D eigenvalue weighted by Crippen LogP contribution is 2.22. The number of esters is 1. The van der Waals surface area contributed by atoms with Crippen LogP contribution >= 0.6 is 0 Å². The summed E-state index contributed by atoms with van der Waals surface area (Å²) in [4.78, 5) is 17.8. The number of nitrogen functional groups attached to an aromatic ring is 1.